The maximum atomic E-state index is 12.5. The van der Waals surface area contributed by atoms with Gasteiger partial charge in [0, 0.05) is 18.1 Å². The first-order valence-corrected chi connectivity index (χ1v) is 8.43. The van der Waals surface area contributed by atoms with Crippen LogP contribution >= 0.6 is 11.8 Å². The normalized spacial score (nSPS) is 16.7. The van der Waals surface area contributed by atoms with Crippen LogP contribution in [0.3, 0.4) is 0 Å². The molecular weight excluding hydrogens is 314 g/mol. The van der Waals surface area contributed by atoms with E-state index in [1.54, 1.807) is 24.3 Å². The number of carbonyl (C=O) groups excluding carboxylic acids is 1. The first-order chi connectivity index (χ1) is 11.1. The smallest absolute Gasteiger partial charge is 0.257 e. The van der Waals surface area contributed by atoms with Gasteiger partial charge in [-0.15, -0.1) is 0 Å². The highest BCUT2D eigenvalue weighted by atomic mass is 32.2. The SMILES string of the molecule is CCCSc1nc2c(c(=O)[nH]1)C(c1cccc(O)c1)CC(=O)N2. The number of aromatic nitrogens is 2. The summed E-state index contributed by atoms with van der Waals surface area (Å²) in [5.74, 6) is 0.667. The average molecular weight is 331 g/mol. The van der Waals surface area contributed by atoms with Crippen LogP contribution in [-0.4, -0.2) is 26.7 Å². The average Bonchev–Trinajstić information content (AvgIpc) is 2.51. The van der Waals surface area contributed by atoms with Crippen LogP contribution in [0, 0.1) is 0 Å². The molecule has 1 amide bonds. The van der Waals surface area contributed by atoms with Crippen LogP contribution in [0.1, 0.15) is 36.8 Å². The second-order valence-electron chi connectivity index (χ2n) is 5.38. The maximum Gasteiger partial charge on any atom is 0.257 e. The second-order valence-corrected chi connectivity index (χ2v) is 6.47. The molecule has 1 aromatic carbocycles. The summed E-state index contributed by atoms with van der Waals surface area (Å²) >= 11 is 1.45. The third-order valence-electron chi connectivity index (χ3n) is 3.64. The molecule has 2 aromatic rings. The molecule has 0 fully saturated rings. The number of phenolic OH excluding ortho intramolecular Hbond substituents is 1. The van der Waals surface area contributed by atoms with Crippen LogP contribution in [-0.2, 0) is 4.79 Å². The topological polar surface area (TPSA) is 95.1 Å². The number of aromatic hydroxyl groups is 1. The van der Waals surface area contributed by atoms with Crippen molar-refractivity contribution in [3.8, 4) is 5.75 Å². The number of H-pyrrole nitrogens is 1. The summed E-state index contributed by atoms with van der Waals surface area (Å²) in [6.45, 7) is 2.04. The number of nitrogens with zero attached hydrogens (tertiary/aromatic N) is 1. The van der Waals surface area contributed by atoms with E-state index in [2.05, 4.69) is 15.3 Å². The first-order valence-electron chi connectivity index (χ1n) is 7.44. The van der Waals surface area contributed by atoms with Crippen molar-refractivity contribution in [3.05, 3.63) is 45.7 Å². The number of amides is 1. The Morgan fingerprint density at radius 1 is 1.39 bits per heavy atom. The molecule has 0 spiro atoms. The van der Waals surface area contributed by atoms with E-state index in [-0.39, 0.29) is 23.6 Å². The van der Waals surface area contributed by atoms with E-state index in [0.29, 0.717) is 16.5 Å². The summed E-state index contributed by atoms with van der Waals surface area (Å²) in [5.41, 5.74) is 0.917. The van der Waals surface area contributed by atoms with Crippen molar-refractivity contribution in [2.45, 2.75) is 30.8 Å². The number of aromatic amines is 1. The minimum atomic E-state index is -0.410. The van der Waals surface area contributed by atoms with Crippen molar-refractivity contribution in [1.82, 2.24) is 9.97 Å². The molecular formula is C16H17N3O3S. The van der Waals surface area contributed by atoms with Gasteiger partial charge in [0.2, 0.25) is 5.91 Å². The minimum absolute atomic E-state index is 0.106. The number of carbonyl (C=O) groups is 1. The Hall–Kier alpha value is -2.28. The predicted molar refractivity (Wildman–Crippen MR) is 89.1 cm³/mol. The molecule has 6 nitrogen and oxygen atoms in total. The third kappa shape index (κ3) is 3.24. The fraction of sp³-hybridized carbons (Fsp3) is 0.312. The van der Waals surface area contributed by atoms with Crippen molar-refractivity contribution in [2.24, 2.45) is 0 Å². The lowest BCUT2D eigenvalue weighted by molar-refractivity contribution is -0.116. The molecule has 23 heavy (non-hydrogen) atoms. The minimum Gasteiger partial charge on any atom is -0.508 e. The molecule has 1 aromatic heterocycles. The van der Waals surface area contributed by atoms with Crippen LogP contribution in [0.15, 0.2) is 34.2 Å². The summed E-state index contributed by atoms with van der Waals surface area (Å²) < 4.78 is 0. The Morgan fingerprint density at radius 2 is 2.22 bits per heavy atom. The molecule has 0 aliphatic carbocycles. The van der Waals surface area contributed by atoms with Crippen molar-refractivity contribution in [1.29, 1.82) is 0 Å². The number of rotatable bonds is 4. The Balaban J connectivity index is 2.07. The Bertz CT molecular complexity index is 803. The van der Waals surface area contributed by atoms with Crippen molar-refractivity contribution >= 4 is 23.5 Å². The van der Waals surface area contributed by atoms with Crippen molar-refractivity contribution in [2.75, 3.05) is 11.1 Å². The quantitative estimate of drug-likeness (QED) is 0.591. The highest BCUT2D eigenvalue weighted by Gasteiger charge is 2.31. The van der Waals surface area contributed by atoms with Crippen LogP contribution in [0.2, 0.25) is 0 Å². The maximum absolute atomic E-state index is 12.5. The fourth-order valence-corrected chi connectivity index (χ4v) is 3.36. The van der Waals surface area contributed by atoms with Crippen molar-refractivity contribution in [3.63, 3.8) is 0 Å². The number of hydrogen-bond acceptors (Lipinski definition) is 5. The van der Waals surface area contributed by atoms with Gasteiger partial charge in [0.05, 0.1) is 5.56 Å². The van der Waals surface area contributed by atoms with E-state index in [9.17, 15) is 14.7 Å². The van der Waals surface area contributed by atoms with Gasteiger partial charge < -0.3 is 15.4 Å². The molecule has 0 radical (unpaired) electrons. The lowest BCUT2D eigenvalue weighted by atomic mass is 9.87. The van der Waals surface area contributed by atoms with E-state index in [4.69, 9.17) is 0 Å². The third-order valence-corrected chi connectivity index (χ3v) is 4.72. The lowest BCUT2D eigenvalue weighted by Crippen LogP contribution is -2.31. The van der Waals surface area contributed by atoms with E-state index in [0.717, 1.165) is 17.7 Å². The largest absolute Gasteiger partial charge is 0.508 e. The lowest BCUT2D eigenvalue weighted by Gasteiger charge is -2.24. The van der Waals surface area contributed by atoms with Gasteiger partial charge in [-0.2, -0.15) is 0 Å². The number of hydrogen-bond donors (Lipinski definition) is 3. The Labute approximate surface area is 137 Å². The molecule has 2 heterocycles. The highest BCUT2D eigenvalue weighted by molar-refractivity contribution is 7.99. The molecule has 7 heteroatoms. The fourth-order valence-electron chi connectivity index (χ4n) is 2.64. The summed E-state index contributed by atoms with van der Waals surface area (Å²) in [5, 5.41) is 12.9. The molecule has 3 rings (SSSR count). The highest BCUT2D eigenvalue weighted by Crippen LogP contribution is 2.35. The first kappa shape index (κ1) is 15.6. The standard InChI is InChI=1S/C16H17N3O3S/c1-2-6-23-16-18-14-13(15(22)19-16)11(8-12(21)17-14)9-4-3-5-10(20)7-9/h3-5,7,11,20H,2,6,8H2,1H3,(H2,17,18,19,21,22). The molecule has 1 atom stereocenters. The monoisotopic (exact) mass is 331 g/mol. The number of fused-ring (bicyclic) bond motifs is 1. The second kappa shape index (κ2) is 6.45. The number of anilines is 1. The molecule has 1 unspecified atom stereocenters. The Morgan fingerprint density at radius 3 is 2.96 bits per heavy atom. The molecule has 120 valence electrons. The van der Waals surface area contributed by atoms with Gasteiger partial charge in [-0.3, -0.25) is 9.59 Å². The van der Waals surface area contributed by atoms with Crippen LogP contribution in [0.25, 0.3) is 0 Å². The van der Waals surface area contributed by atoms with Crippen LogP contribution in [0.5, 0.6) is 5.75 Å². The van der Waals surface area contributed by atoms with Crippen molar-refractivity contribution < 1.29 is 9.90 Å². The van der Waals surface area contributed by atoms with E-state index in [1.165, 1.54) is 11.8 Å². The molecule has 0 bridgehead atoms. The number of benzene rings is 1. The number of nitrogens with one attached hydrogen (secondary N) is 2. The van der Waals surface area contributed by atoms with Gasteiger partial charge in [0.25, 0.3) is 5.56 Å². The van der Waals surface area contributed by atoms with Gasteiger partial charge >= 0.3 is 0 Å². The molecule has 0 saturated heterocycles. The Kier molecular flexibility index (Phi) is 4.38. The van der Waals surface area contributed by atoms with E-state index in [1.807, 2.05) is 6.92 Å². The van der Waals surface area contributed by atoms with Gasteiger partial charge in [-0.25, -0.2) is 4.98 Å². The van der Waals surface area contributed by atoms with E-state index >= 15 is 0 Å². The molecule has 0 saturated carbocycles. The van der Waals surface area contributed by atoms with Gasteiger partial charge in [0.15, 0.2) is 5.16 Å². The van der Waals surface area contributed by atoms with Gasteiger partial charge in [-0.1, -0.05) is 30.8 Å². The number of thioether (sulfide) groups is 1. The summed E-state index contributed by atoms with van der Waals surface area (Å²) in [6.07, 6.45) is 1.12. The summed E-state index contributed by atoms with van der Waals surface area (Å²) in [6, 6.07) is 6.63. The zero-order chi connectivity index (χ0) is 16.4. The summed E-state index contributed by atoms with van der Waals surface area (Å²) in [7, 11) is 0. The van der Waals surface area contributed by atoms with Crippen LogP contribution < -0.4 is 10.9 Å². The van der Waals surface area contributed by atoms with E-state index < -0.39 is 5.92 Å². The molecule has 1 aliphatic rings. The predicted octanol–water partition coefficient (Wildman–Crippen LogP) is 2.45. The number of phenols is 1. The van der Waals surface area contributed by atoms with Crippen LogP contribution in [0.4, 0.5) is 5.82 Å². The van der Waals surface area contributed by atoms with Gasteiger partial charge in [-0.05, 0) is 24.1 Å². The zero-order valence-corrected chi connectivity index (χ0v) is 13.4. The summed E-state index contributed by atoms with van der Waals surface area (Å²) in [4.78, 5) is 31.7. The van der Waals surface area contributed by atoms with Gasteiger partial charge in [0.1, 0.15) is 11.6 Å². The molecule has 1 aliphatic heterocycles. The zero-order valence-electron chi connectivity index (χ0n) is 12.6. The molecule has 3 N–H and O–H groups in total.